The van der Waals surface area contributed by atoms with Crippen LogP contribution in [-0.2, 0) is 32.5 Å². The highest BCUT2D eigenvalue weighted by atomic mass is 35.5. The van der Waals surface area contributed by atoms with Gasteiger partial charge in [-0.2, -0.15) is 0 Å². The lowest BCUT2D eigenvalue weighted by Gasteiger charge is -2.32. The van der Waals surface area contributed by atoms with Gasteiger partial charge in [-0.05, 0) is 123 Å². The van der Waals surface area contributed by atoms with Gasteiger partial charge in [0.15, 0.2) is 0 Å². The first-order valence-electron chi connectivity index (χ1n) is 14.5. The molecule has 1 atom stereocenters. The number of aliphatic hydroxyl groups excluding tert-OH is 1. The number of benzene rings is 3. The number of likely N-dealkylation sites (tertiary alicyclic amines) is 1. The predicted molar refractivity (Wildman–Crippen MR) is 168 cm³/mol. The van der Waals surface area contributed by atoms with E-state index in [-0.39, 0.29) is 36.7 Å². The number of aliphatic hydroxyl groups is 1. The minimum atomic E-state index is -0.279. The van der Waals surface area contributed by atoms with Gasteiger partial charge < -0.3 is 5.11 Å². The van der Waals surface area contributed by atoms with Gasteiger partial charge in [0.2, 0.25) is 0 Å². The maximum atomic E-state index is 13.3. The first kappa shape index (κ1) is 32.6. The van der Waals surface area contributed by atoms with E-state index in [2.05, 4.69) is 59.2 Å². The maximum absolute atomic E-state index is 13.3. The molecule has 6 heteroatoms. The van der Waals surface area contributed by atoms with Crippen LogP contribution in [-0.4, -0.2) is 40.6 Å². The number of rotatable bonds is 9. The van der Waals surface area contributed by atoms with Gasteiger partial charge in [0.05, 0.1) is 6.10 Å². The van der Waals surface area contributed by atoms with Crippen molar-refractivity contribution in [3.8, 4) is 0 Å². The van der Waals surface area contributed by atoms with Crippen molar-refractivity contribution in [1.82, 2.24) is 9.80 Å². The number of hydrogen-bond donors (Lipinski definition) is 1. The summed E-state index contributed by atoms with van der Waals surface area (Å²) in [6, 6.07) is 22.4. The Morgan fingerprint density at radius 1 is 0.850 bits per heavy atom. The van der Waals surface area contributed by atoms with Gasteiger partial charge >= 0.3 is 0 Å². The molecule has 0 spiro atoms. The average molecular weight is 588 g/mol. The Morgan fingerprint density at radius 2 is 1.57 bits per heavy atom. The lowest BCUT2D eigenvalue weighted by atomic mass is 9.89. The van der Waals surface area contributed by atoms with Gasteiger partial charge in [-0.25, -0.2) is 4.39 Å². The third kappa shape index (κ3) is 9.29. The molecule has 0 radical (unpaired) electrons. The van der Waals surface area contributed by atoms with Crippen LogP contribution < -0.4 is 0 Å². The molecule has 1 unspecified atom stereocenters. The van der Waals surface area contributed by atoms with Crippen molar-refractivity contribution < 1.29 is 9.50 Å². The monoisotopic (exact) mass is 586 g/mol. The zero-order valence-corrected chi connectivity index (χ0v) is 25.4. The number of nitrogens with zero attached hydrogens (tertiary/aromatic N) is 2. The molecule has 2 heterocycles. The molecule has 2 aliphatic heterocycles. The van der Waals surface area contributed by atoms with Gasteiger partial charge in [0.25, 0.3) is 0 Å². The molecule has 5 rings (SSSR count). The number of aryl methyl sites for hydroxylation is 2. The second-order valence-corrected chi connectivity index (χ2v) is 11.6. The van der Waals surface area contributed by atoms with Gasteiger partial charge in [-0.3, -0.25) is 9.80 Å². The van der Waals surface area contributed by atoms with Crippen molar-refractivity contribution in [2.24, 2.45) is 5.92 Å². The largest absolute Gasteiger partial charge is 0.393 e. The Morgan fingerprint density at radius 3 is 2.33 bits per heavy atom. The summed E-state index contributed by atoms with van der Waals surface area (Å²) in [5, 5.41) is 10.9. The lowest BCUT2D eigenvalue weighted by Crippen LogP contribution is -2.33. The average Bonchev–Trinajstić information content (AvgIpc) is 3.12. The van der Waals surface area contributed by atoms with E-state index in [1.54, 1.807) is 12.1 Å². The highest BCUT2D eigenvalue weighted by molar-refractivity contribution is 5.85. The summed E-state index contributed by atoms with van der Waals surface area (Å²) in [7, 11) is 0. The summed E-state index contributed by atoms with van der Waals surface area (Å²) in [4.78, 5) is 5.05. The van der Waals surface area contributed by atoms with Gasteiger partial charge in [-0.1, -0.05) is 54.6 Å². The van der Waals surface area contributed by atoms with Crippen molar-refractivity contribution in [3.05, 3.63) is 106 Å². The molecule has 3 aromatic carbocycles. The summed E-state index contributed by atoms with van der Waals surface area (Å²) in [5.41, 5.74) is 8.05. The molecule has 1 saturated heterocycles. The molecule has 0 amide bonds. The minimum Gasteiger partial charge on any atom is -0.393 e. The molecule has 0 bridgehead atoms. The van der Waals surface area contributed by atoms with Crippen LogP contribution in [0.5, 0.6) is 0 Å². The predicted octanol–water partition coefficient (Wildman–Crippen LogP) is 7.52. The third-order valence-corrected chi connectivity index (χ3v) is 8.65. The lowest BCUT2D eigenvalue weighted by molar-refractivity contribution is 0.131. The van der Waals surface area contributed by atoms with Crippen molar-refractivity contribution >= 4 is 24.8 Å². The van der Waals surface area contributed by atoms with E-state index in [0.29, 0.717) is 0 Å². The van der Waals surface area contributed by atoms with E-state index in [1.165, 1.54) is 40.7 Å². The van der Waals surface area contributed by atoms with Gasteiger partial charge in [0.1, 0.15) is 5.82 Å². The smallest absolute Gasteiger partial charge is 0.123 e. The van der Waals surface area contributed by atoms with Crippen molar-refractivity contribution in [1.29, 1.82) is 0 Å². The van der Waals surface area contributed by atoms with Crippen molar-refractivity contribution in [3.63, 3.8) is 0 Å². The zero-order chi connectivity index (χ0) is 26.3. The molecule has 3 aromatic rings. The Bertz CT molecular complexity index is 1180. The van der Waals surface area contributed by atoms with Gasteiger partial charge in [-0.15, -0.1) is 24.8 Å². The normalized spacial score (nSPS) is 17.3. The van der Waals surface area contributed by atoms with Crippen LogP contribution in [0, 0.1) is 18.7 Å². The van der Waals surface area contributed by atoms with E-state index >= 15 is 0 Å². The first-order valence-corrected chi connectivity index (χ1v) is 14.5. The summed E-state index contributed by atoms with van der Waals surface area (Å²) in [5.74, 6) is 0.548. The SMILES string of the molecule is Cc1ccccc1CN1CCC(CCC(O)Cc2ccc3c(c2)CN(Cc2ccc(F)cc2)CCC3)CC1.Cl.Cl. The second kappa shape index (κ2) is 15.9. The Kier molecular flexibility index (Phi) is 12.9. The molecule has 1 N–H and O–H groups in total. The molecule has 218 valence electrons. The van der Waals surface area contributed by atoms with E-state index in [1.807, 2.05) is 12.1 Å². The summed E-state index contributed by atoms with van der Waals surface area (Å²) in [6.07, 6.45) is 7.17. The molecule has 40 heavy (non-hydrogen) atoms. The fourth-order valence-electron chi connectivity index (χ4n) is 6.26. The van der Waals surface area contributed by atoms with E-state index < -0.39 is 0 Å². The number of halogens is 3. The van der Waals surface area contributed by atoms with E-state index in [9.17, 15) is 9.50 Å². The maximum Gasteiger partial charge on any atom is 0.123 e. The minimum absolute atomic E-state index is 0. The molecule has 0 aliphatic carbocycles. The van der Waals surface area contributed by atoms with Crippen LogP contribution >= 0.6 is 24.8 Å². The van der Waals surface area contributed by atoms with Crippen molar-refractivity contribution in [2.45, 2.75) is 77.6 Å². The fraction of sp³-hybridized carbons (Fsp3) is 0.471. The topological polar surface area (TPSA) is 26.7 Å². The fourth-order valence-corrected chi connectivity index (χ4v) is 6.26. The standard InChI is InChI=1S/C34H43FN2O.2ClH/c1-26-5-2-3-6-31(26)24-36-19-16-27(17-20-36)11-15-34(38)22-29-8-12-30-7-4-18-37(25-32(30)21-29)23-28-9-13-33(35)14-10-28;;/h2-3,5-6,8-10,12-14,21,27,34,38H,4,7,11,15-20,22-25H2,1H3;2*1H. The number of fused-ring (bicyclic) bond motifs is 1. The second-order valence-electron chi connectivity index (χ2n) is 11.6. The van der Waals surface area contributed by atoms with Gasteiger partial charge in [0, 0.05) is 19.6 Å². The van der Waals surface area contributed by atoms with Crippen LogP contribution in [0.3, 0.4) is 0 Å². The highest BCUT2D eigenvalue weighted by Gasteiger charge is 2.21. The Balaban J connectivity index is 0.00000220. The van der Waals surface area contributed by atoms with Crippen LogP contribution in [0.4, 0.5) is 4.39 Å². The summed E-state index contributed by atoms with van der Waals surface area (Å²) in [6.45, 7) is 8.39. The molecular weight excluding hydrogens is 542 g/mol. The molecule has 2 aliphatic rings. The highest BCUT2D eigenvalue weighted by Crippen LogP contribution is 2.26. The van der Waals surface area contributed by atoms with Crippen LogP contribution in [0.25, 0.3) is 0 Å². The molecule has 0 aromatic heterocycles. The number of hydrogen-bond acceptors (Lipinski definition) is 3. The third-order valence-electron chi connectivity index (χ3n) is 8.65. The van der Waals surface area contributed by atoms with Crippen molar-refractivity contribution in [2.75, 3.05) is 19.6 Å². The van der Waals surface area contributed by atoms with Crippen LogP contribution in [0.15, 0.2) is 66.7 Å². The molecular formula is C34H45Cl2FN2O. The van der Waals surface area contributed by atoms with Crippen LogP contribution in [0.1, 0.15) is 65.5 Å². The van der Waals surface area contributed by atoms with Crippen LogP contribution in [0.2, 0.25) is 0 Å². The van der Waals surface area contributed by atoms with E-state index in [0.717, 1.165) is 82.9 Å². The van der Waals surface area contributed by atoms with E-state index in [4.69, 9.17) is 0 Å². The molecule has 0 saturated carbocycles. The zero-order valence-electron chi connectivity index (χ0n) is 23.7. The Hall–Kier alpha value is -1.95. The summed E-state index contributed by atoms with van der Waals surface area (Å²) >= 11 is 0. The molecule has 3 nitrogen and oxygen atoms in total. The quantitative estimate of drug-likeness (QED) is 0.281. The summed E-state index contributed by atoms with van der Waals surface area (Å²) < 4.78 is 13.3. The molecule has 1 fully saturated rings. The first-order chi connectivity index (χ1) is 18.5. The number of piperidine rings is 1. The Labute approximate surface area is 252 Å².